The van der Waals surface area contributed by atoms with Gasteiger partial charge in [-0.1, -0.05) is 133 Å². The van der Waals surface area contributed by atoms with E-state index in [9.17, 15) is 0 Å². The van der Waals surface area contributed by atoms with Gasteiger partial charge in [-0.15, -0.1) is 0 Å². The summed E-state index contributed by atoms with van der Waals surface area (Å²) in [5, 5.41) is 2.30. The molecule has 0 bridgehead atoms. The summed E-state index contributed by atoms with van der Waals surface area (Å²) in [6.45, 7) is 0. The Morgan fingerprint density at radius 1 is 0.408 bits per heavy atom. The van der Waals surface area contributed by atoms with E-state index in [2.05, 4.69) is 103 Å². The molecule has 6 aromatic carbocycles. The molecule has 0 unspecified atom stereocenters. The molecule has 0 saturated heterocycles. The monoisotopic (exact) mass is 629 g/mol. The minimum atomic E-state index is 0.649. The molecule has 2 heterocycles. The highest BCUT2D eigenvalue weighted by molar-refractivity contribution is 5.89. The molecule has 4 nitrogen and oxygen atoms in total. The zero-order valence-corrected chi connectivity index (χ0v) is 26.8. The maximum atomic E-state index is 6.46. The molecule has 49 heavy (non-hydrogen) atoms. The summed E-state index contributed by atoms with van der Waals surface area (Å²) in [4.78, 5) is 14.9. The Hall–Kier alpha value is -6.39. The van der Waals surface area contributed by atoms with Gasteiger partial charge in [0.25, 0.3) is 0 Å². The minimum absolute atomic E-state index is 0.649. The fourth-order valence-corrected chi connectivity index (χ4v) is 6.81. The molecular weight excluding hydrogens is 599 g/mol. The average molecular weight is 630 g/mol. The van der Waals surface area contributed by atoms with Crippen molar-refractivity contribution < 1.29 is 4.42 Å². The summed E-state index contributed by atoms with van der Waals surface area (Å²) in [6.07, 6.45) is 4.06. The molecule has 0 saturated carbocycles. The van der Waals surface area contributed by atoms with Crippen LogP contribution in [-0.2, 0) is 0 Å². The summed E-state index contributed by atoms with van der Waals surface area (Å²) in [7, 11) is 0. The quantitative estimate of drug-likeness (QED) is 0.184. The molecule has 1 aliphatic rings. The van der Waals surface area contributed by atoms with Crippen molar-refractivity contribution in [3.05, 3.63) is 174 Å². The van der Waals surface area contributed by atoms with Gasteiger partial charge in [-0.25, -0.2) is 15.0 Å². The predicted molar refractivity (Wildman–Crippen MR) is 199 cm³/mol. The van der Waals surface area contributed by atoms with Gasteiger partial charge in [0.05, 0.1) is 0 Å². The Balaban J connectivity index is 1.18. The smallest absolute Gasteiger partial charge is 0.164 e. The van der Waals surface area contributed by atoms with Crippen molar-refractivity contribution in [2.24, 2.45) is 0 Å². The van der Waals surface area contributed by atoms with Crippen molar-refractivity contribution in [2.75, 3.05) is 0 Å². The van der Waals surface area contributed by atoms with Crippen molar-refractivity contribution in [3.63, 3.8) is 0 Å². The Morgan fingerprint density at radius 2 is 0.898 bits per heavy atom. The van der Waals surface area contributed by atoms with E-state index in [-0.39, 0.29) is 0 Å². The van der Waals surface area contributed by atoms with Crippen LogP contribution in [0.15, 0.2) is 162 Å². The molecule has 0 N–H and O–H groups in total. The Labute approximate surface area is 284 Å². The number of benzene rings is 6. The van der Waals surface area contributed by atoms with Crippen molar-refractivity contribution in [1.82, 2.24) is 15.0 Å². The number of furan rings is 1. The van der Waals surface area contributed by atoms with Gasteiger partial charge < -0.3 is 4.42 Å². The number of hydrogen-bond donors (Lipinski definition) is 0. The van der Waals surface area contributed by atoms with Crippen LogP contribution >= 0.6 is 0 Å². The van der Waals surface area contributed by atoms with Crippen molar-refractivity contribution in [1.29, 1.82) is 0 Å². The largest absolute Gasteiger partial charge is 0.456 e. The second kappa shape index (κ2) is 12.3. The topological polar surface area (TPSA) is 51.8 Å². The van der Waals surface area contributed by atoms with E-state index in [4.69, 9.17) is 19.4 Å². The lowest BCUT2D eigenvalue weighted by atomic mass is 9.92. The lowest BCUT2D eigenvalue weighted by Crippen LogP contribution is -2.26. The fourth-order valence-electron chi connectivity index (χ4n) is 6.81. The lowest BCUT2D eigenvalue weighted by Gasteiger charge is -2.12. The van der Waals surface area contributed by atoms with Crippen LogP contribution in [-0.4, -0.2) is 15.0 Å². The van der Waals surface area contributed by atoms with E-state index in [0.29, 0.717) is 17.5 Å². The maximum Gasteiger partial charge on any atom is 0.164 e. The summed E-state index contributed by atoms with van der Waals surface area (Å²) >= 11 is 0. The highest BCUT2D eigenvalue weighted by Gasteiger charge is 2.17. The van der Waals surface area contributed by atoms with Gasteiger partial charge in [-0.05, 0) is 76.6 Å². The van der Waals surface area contributed by atoms with Gasteiger partial charge in [0, 0.05) is 27.3 Å². The minimum Gasteiger partial charge on any atom is -0.456 e. The Kier molecular flexibility index (Phi) is 7.25. The molecule has 9 rings (SSSR count). The number of fused-ring (bicyclic) bond motifs is 3. The SMILES string of the molecule is C1=c2oc3ccc(-c4cccc(-c5ccccc5)c4)cc3c2=C(c2cccc(-c3nc(-c4ccccc4)nc(-c4ccccc4)n3)c2)CC1. The van der Waals surface area contributed by atoms with E-state index < -0.39 is 0 Å². The first-order chi connectivity index (χ1) is 24.3. The second-order valence-corrected chi connectivity index (χ2v) is 12.3. The van der Waals surface area contributed by atoms with E-state index in [1.54, 1.807) is 0 Å². The third kappa shape index (κ3) is 5.53. The average Bonchev–Trinajstić information content (AvgIpc) is 3.57. The number of aromatic nitrogens is 3. The second-order valence-electron chi connectivity index (χ2n) is 12.3. The van der Waals surface area contributed by atoms with Gasteiger partial charge >= 0.3 is 0 Å². The first-order valence-corrected chi connectivity index (χ1v) is 16.7. The molecule has 2 aromatic heterocycles. The number of rotatable bonds is 6. The zero-order valence-electron chi connectivity index (χ0n) is 26.8. The standard InChI is InChI=1S/C45H31N3O/c1-4-13-30(14-5-1)33-19-10-20-34(27-33)35-25-26-40-39(29-35)42-38(23-12-24-41(42)49-40)36-21-11-22-37(28-36)45-47-43(31-15-6-2-7-16-31)46-44(48-45)32-17-8-3-9-18-32/h1-11,13-22,24-29H,12,23H2. The number of hydrogen-bond acceptors (Lipinski definition) is 4. The molecule has 0 amide bonds. The lowest BCUT2D eigenvalue weighted by molar-refractivity contribution is 0.571. The third-order valence-corrected chi connectivity index (χ3v) is 9.21. The van der Waals surface area contributed by atoms with Gasteiger partial charge in [-0.3, -0.25) is 0 Å². The van der Waals surface area contributed by atoms with Gasteiger partial charge in [-0.2, -0.15) is 0 Å². The molecule has 8 aromatic rings. The fraction of sp³-hybridized carbons (Fsp3) is 0.0444. The van der Waals surface area contributed by atoms with Crippen LogP contribution in [0.5, 0.6) is 0 Å². The normalized spacial score (nSPS) is 12.4. The van der Waals surface area contributed by atoms with Gasteiger partial charge in [0.15, 0.2) is 17.5 Å². The first-order valence-electron chi connectivity index (χ1n) is 16.7. The van der Waals surface area contributed by atoms with E-state index in [0.717, 1.165) is 51.5 Å². The summed E-state index contributed by atoms with van der Waals surface area (Å²) < 4.78 is 6.46. The van der Waals surface area contributed by atoms with Crippen molar-refractivity contribution in [3.8, 4) is 56.4 Å². The Morgan fingerprint density at radius 3 is 1.55 bits per heavy atom. The van der Waals surface area contributed by atoms with Crippen LogP contribution in [0.3, 0.4) is 0 Å². The van der Waals surface area contributed by atoms with Crippen molar-refractivity contribution >= 4 is 22.6 Å². The number of nitrogens with zero attached hydrogens (tertiary/aromatic N) is 3. The molecule has 0 radical (unpaired) electrons. The molecule has 4 heteroatoms. The van der Waals surface area contributed by atoms with Crippen molar-refractivity contribution in [2.45, 2.75) is 12.8 Å². The summed E-state index contributed by atoms with van der Waals surface area (Å²) in [5.74, 6) is 1.96. The first kappa shape index (κ1) is 28.8. The molecule has 0 fully saturated rings. The highest BCUT2D eigenvalue weighted by atomic mass is 16.3. The van der Waals surface area contributed by atoms with Crippen LogP contribution in [0.4, 0.5) is 0 Å². The molecule has 0 spiro atoms. The van der Waals surface area contributed by atoms with E-state index in [1.807, 2.05) is 60.7 Å². The van der Waals surface area contributed by atoms with Gasteiger partial charge in [0.1, 0.15) is 11.0 Å². The van der Waals surface area contributed by atoms with Crippen LogP contribution in [0.2, 0.25) is 0 Å². The third-order valence-electron chi connectivity index (χ3n) is 9.21. The van der Waals surface area contributed by atoms with Crippen LogP contribution in [0.1, 0.15) is 18.4 Å². The molecule has 0 atom stereocenters. The molecular formula is C45H31N3O. The van der Waals surface area contributed by atoms with Crippen LogP contribution in [0, 0.1) is 0 Å². The molecule has 0 aliphatic heterocycles. The molecule has 1 aliphatic carbocycles. The zero-order chi connectivity index (χ0) is 32.6. The maximum absolute atomic E-state index is 6.46. The Bertz CT molecular complexity index is 2530. The van der Waals surface area contributed by atoms with E-state index in [1.165, 1.54) is 33.0 Å². The summed E-state index contributed by atoms with van der Waals surface area (Å²) in [5.41, 5.74) is 11.9. The summed E-state index contributed by atoms with van der Waals surface area (Å²) in [6, 6.07) is 54.7. The predicted octanol–water partition coefficient (Wildman–Crippen LogP) is 9.73. The van der Waals surface area contributed by atoms with E-state index >= 15 is 0 Å². The molecule has 232 valence electrons. The van der Waals surface area contributed by atoms with Crippen LogP contribution < -0.4 is 10.6 Å². The highest BCUT2D eigenvalue weighted by Crippen LogP contribution is 2.31. The van der Waals surface area contributed by atoms with Gasteiger partial charge in [0.2, 0.25) is 0 Å². The van der Waals surface area contributed by atoms with Crippen LogP contribution in [0.25, 0.3) is 79.0 Å².